The number of aryl methyl sites for hydroxylation is 1. The van der Waals surface area contributed by atoms with Crippen LogP contribution in [0.4, 0.5) is 0 Å². The summed E-state index contributed by atoms with van der Waals surface area (Å²) in [5.41, 5.74) is 4.49. The molecule has 2 aromatic rings. The van der Waals surface area contributed by atoms with Gasteiger partial charge in [0.1, 0.15) is 0 Å². The van der Waals surface area contributed by atoms with Crippen molar-refractivity contribution in [2.75, 3.05) is 13.3 Å². The van der Waals surface area contributed by atoms with E-state index in [-0.39, 0.29) is 5.41 Å². The summed E-state index contributed by atoms with van der Waals surface area (Å²) in [6.45, 7) is 9.79. The van der Waals surface area contributed by atoms with E-state index in [1.165, 1.54) is 17.4 Å². The minimum atomic E-state index is -3.20. The van der Waals surface area contributed by atoms with Gasteiger partial charge in [0.15, 0.2) is 15.8 Å². The van der Waals surface area contributed by atoms with Crippen molar-refractivity contribution in [1.29, 1.82) is 0 Å². The minimum absolute atomic E-state index is 0.189. The molecule has 0 aliphatic heterocycles. The number of nitrogens with zero attached hydrogens (tertiary/aromatic N) is 1. The number of guanidine groups is 1. The Balaban J connectivity index is 1.94. The number of hydrogen-bond acceptors (Lipinski definition) is 3. The highest BCUT2D eigenvalue weighted by Crippen LogP contribution is 2.26. The van der Waals surface area contributed by atoms with Crippen molar-refractivity contribution in [3.63, 3.8) is 0 Å². The predicted octanol–water partition coefficient (Wildman–Crippen LogP) is 3.95. The molecule has 0 bridgehead atoms. The average Bonchev–Trinajstić information content (AvgIpc) is 2.67. The minimum Gasteiger partial charge on any atom is -0.352 e. The third-order valence-electron chi connectivity index (χ3n) is 5.40. The first-order valence-corrected chi connectivity index (χ1v) is 11.8. The molecule has 0 aliphatic rings. The SMILES string of the molecule is CCC(C)(C)c1ccc(CNC(=NC)NCc2ccc(S(C)(=O)=O)c(C)c2)cc1. The van der Waals surface area contributed by atoms with Crippen LogP contribution in [0, 0.1) is 6.92 Å². The zero-order chi connectivity index (χ0) is 21.7. The first-order valence-electron chi connectivity index (χ1n) is 9.90. The highest BCUT2D eigenvalue weighted by Gasteiger charge is 2.17. The van der Waals surface area contributed by atoms with Gasteiger partial charge in [0, 0.05) is 26.4 Å². The Morgan fingerprint density at radius 3 is 2.03 bits per heavy atom. The molecule has 29 heavy (non-hydrogen) atoms. The summed E-state index contributed by atoms with van der Waals surface area (Å²) in [5, 5.41) is 6.60. The lowest BCUT2D eigenvalue weighted by Gasteiger charge is -2.23. The van der Waals surface area contributed by atoms with Gasteiger partial charge in [-0.05, 0) is 47.1 Å². The van der Waals surface area contributed by atoms with Gasteiger partial charge >= 0.3 is 0 Å². The van der Waals surface area contributed by atoms with Gasteiger partial charge in [-0.1, -0.05) is 57.2 Å². The molecule has 0 aromatic heterocycles. The molecule has 0 radical (unpaired) electrons. The highest BCUT2D eigenvalue weighted by molar-refractivity contribution is 7.90. The summed E-state index contributed by atoms with van der Waals surface area (Å²) in [6.07, 6.45) is 2.33. The molecule has 6 heteroatoms. The summed E-state index contributed by atoms with van der Waals surface area (Å²) >= 11 is 0. The molecule has 5 nitrogen and oxygen atoms in total. The molecule has 2 rings (SSSR count). The molecule has 0 atom stereocenters. The van der Waals surface area contributed by atoms with Crippen LogP contribution in [0.15, 0.2) is 52.4 Å². The summed E-state index contributed by atoms with van der Waals surface area (Å²) < 4.78 is 23.5. The molecule has 158 valence electrons. The van der Waals surface area contributed by atoms with E-state index < -0.39 is 9.84 Å². The smallest absolute Gasteiger partial charge is 0.191 e. The number of nitrogens with one attached hydrogen (secondary N) is 2. The molecule has 0 aliphatic carbocycles. The van der Waals surface area contributed by atoms with Gasteiger partial charge in [0.05, 0.1) is 4.90 Å². The predicted molar refractivity (Wildman–Crippen MR) is 121 cm³/mol. The van der Waals surface area contributed by atoms with Gasteiger partial charge in [-0.2, -0.15) is 0 Å². The third kappa shape index (κ3) is 6.32. The van der Waals surface area contributed by atoms with Crippen molar-refractivity contribution in [3.05, 3.63) is 64.7 Å². The average molecular weight is 416 g/mol. The zero-order valence-electron chi connectivity index (χ0n) is 18.3. The van der Waals surface area contributed by atoms with Crippen LogP contribution in [0.3, 0.4) is 0 Å². The van der Waals surface area contributed by atoms with Gasteiger partial charge in [0.25, 0.3) is 0 Å². The van der Waals surface area contributed by atoms with Gasteiger partial charge in [-0.15, -0.1) is 0 Å². The van der Waals surface area contributed by atoms with Crippen molar-refractivity contribution in [2.24, 2.45) is 4.99 Å². The monoisotopic (exact) mass is 415 g/mol. The second-order valence-corrected chi connectivity index (χ2v) is 10.1. The Bertz CT molecular complexity index is 962. The van der Waals surface area contributed by atoms with E-state index in [0.717, 1.165) is 17.5 Å². The van der Waals surface area contributed by atoms with Gasteiger partial charge < -0.3 is 10.6 Å². The molecule has 0 saturated carbocycles. The molecule has 2 N–H and O–H groups in total. The zero-order valence-corrected chi connectivity index (χ0v) is 19.2. The quantitative estimate of drug-likeness (QED) is 0.531. The summed E-state index contributed by atoms with van der Waals surface area (Å²) in [5.74, 6) is 0.702. The van der Waals surface area contributed by atoms with E-state index >= 15 is 0 Å². The van der Waals surface area contributed by atoms with Gasteiger partial charge in [0.2, 0.25) is 0 Å². The van der Waals surface area contributed by atoms with Crippen LogP contribution in [0.2, 0.25) is 0 Å². The number of rotatable bonds is 7. The molecule has 2 aromatic carbocycles. The van der Waals surface area contributed by atoms with Crippen LogP contribution < -0.4 is 10.6 Å². The first-order chi connectivity index (χ1) is 13.6. The Kier molecular flexibility index (Phi) is 7.47. The van der Waals surface area contributed by atoms with Crippen LogP contribution in [-0.4, -0.2) is 27.7 Å². The maximum absolute atomic E-state index is 11.7. The van der Waals surface area contributed by atoms with Crippen LogP contribution in [-0.2, 0) is 28.3 Å². The normalized spacial score (nSPS) is 12.7. The van der Waals surface area contributed by atoms with Crippen molar-refractivity contribution in [3.8, 4) is 0 Å². The molecule has 0 spiro atoms. The van der Waals surface area contributed by atoms with Crippen LogP contribution in [0.25, 0.3) is 0 Å². The number of aliphatic imine (C=N–C) groups is 1. The Labute approximate surface area is 175 Å². The largest absolute Gasteiger partial charge is 0.352 e. The number of hydrogen-bond donors (Lipinski definition) is 2. The molecular weight excluding hydrogens is 382 g/mol. The maximum atomic E-state index is 11.7. The molecular formula is C23H33N3O2S. The van der Waals surface area contributed by atoms with Crippen molar-refractivity contribution in [1.82, 2.24) is 10.6 Å². The lowest BCUT2D eigenvalue weighted by atomic mass is 9.82. The summed E-state index contributed by atoms with van der Waals surface area (Å²) in [6, 6.07) is 14.1. The van der Waals surface area contributed by atoms with Crippen molar-refractivity contribution < 1.29 is 8.42 Å². The van der Waals surface area contributed by atoms with E-state index in [1.807, 2.05) is 19.1 Å². The highest BCUT2D eigenvalue weighted by atomic mass is 32.2. The third-order valence-corrected chi connectivity index (χ3v) is 6.66. The Hall–Kier alpha value is -2.34. The van der Waals surface area contributed by atoms with Crippen molar-refractivity contribution >= 4 is 15.8 Å². The molecule has 0 amide bonds. The fourth-order valence-corrected chi connectivity index (χ4v) is 4.07. The number of sulfone groups is 1. The fraction of sp³-hybridized carbons (Fsp3) is 0.435. The van der Waals surface area contributed by atoms with Gasteiger partial charge in [-0.25, -0.2) is 8.42 Å². The molecule has 0 fully saturated rings. The maximum Gasteiger partial charge on any atom is 0.191 e. The standard InChI is InChI=1S/C23H33N3O2S/c1-7-23(3,4)20-11-8-18(9-12-20)15-25-22(24-5)26-16-19-10-13-21(17(2)14-19)29(6,27)28/h8-14H,7,15-16H2,1-6H3,(H2,24,25,26). The summed E-state index contributed by atoms with van der Waals surface area (Å²) in [4.78, 5) is 4.64. The molecule has 0 unspecified atom stereocenters. The second kappa shape index (κ2) is 9.44. The van der Waals surface area contributed by atoms with Crippen LogP contribution in [0.1, 0.15) is 49.4 Å². The second-order valence-electron chi connectivity index (χ2n) is 8.09. The van der Waals surface area contributed by atoms with E-state index in [9.17, 15) is 8.42 Å². The van der Waals surface area contributed by atoms with Gasteiger partial charge in [-0.3, -0.25) is 4.99 Å². The van der Waals surface area contributed by atoms with E-state index in [2.05, 4.69) is 60.7 Å². The van der Waals surface area contributed by atoms with E-state index in [1.54, 1.807) is 13.1 Å². The van der Waals surface area contributed by atoms with Crippen molar-refractivity contribution in [2.45, 2.75) is 57.5 Å². The lowest BCUT2D eigenvalue weighted by Crippen LogP contribution is -2.36. The topological polar surface area (TPSA) is 70.6 Å². The molecule has 0 heterocycles. The Morgan fingerprint density at radius 1 is 1.00 bits per heavy atom. The molecule has 0 saturated heterocycles. The number of benzene rings is 2. The summed E-state index contributed by atoms with van der Waals surface area (Å²) in [7, 11) is -1.46. The van der Waals surface area contributed by atoms with Crippen LogP contribution >= 0.6 is 0 Å². The first kappa shape index (κ1) is 22.9. The van der Waals surface area contributed by atoms with Crippen LogP contribution in [0.5, 0.6) is 0 Å². The lowest BCUT2D eigenvalue weighted by molar-refractivity contribution is 0.506. The van der Waals surface area contributed by atoms with E-state index in [4.69, 9.17) is 0 Å². The fourth-order valence-electron chi connectivity index (χ4n) is 3.11. The van der Waals surface area contributed by atoms with E-state index in [0.29, 0.717) is 23.9 Å². The Morgan fingerprint density at radius 2 is 1.55 bits per heavy atom.